The Balaban J connectivity index is 2.59. The quantitative estimate of drug-likeness (QED) is 0.670. The van der Waals surface area contributed by atoms with Crippen LogP contribution in [0.3, 0.4) is 0 Å². The number of rotatable bonds is 8. The van der Waals surface area contributed by atoms with Crippen molar-refractivity contribution in [3.8, 4) is 0 Å². The predicted octanol–water partition coefficient (Wildman–Crippen LogP) is 1.80. The van der Waals surface area contributed by atoms with Crippen molar-refractivity contribution < 1.29 is 14.1 Å². The second kappa shape index (κ2) is 7.89. The van der Waals surface area contributed by atoms with Gasteiger partial charge in [0.25, 0.3) is 0 Å². The van der Waals surface area contributed by atoms with Crippen LogP contribution >= 0.6 is 0 Å². The Hall–Kier alpha value is -1.43. The van der Waals surface area contributed by atoms with Crippen molar-refractivity contribution in [3.63, 3.8) is 0 Å². The zero-order valence-corrected chi connectivity index (χ0v) is 12.2. The van der Waals surface area contributed by atoms with Crippen molar-refractivity contribution in [2.24, 2.45) is 0 Å². The number of esters is 1. The van der Waals surface area contributed by atoms with E-state index in [0.29, 0.717) is 24.9 Å². The molecule has 0 bridgehead atoms. The van der Waals surface area contributed by atoms with Gasteiger partial charge in [-0.05, 0) is 27.2 Å². The smallest absolute Gasteiger partial charge is 0.320 e. The second-order valence-corrected chi connectivity index (χ2v) is 4.66. The number of aromatic nitrogens is 2. The van der Waals surface area contributed by atoms with Crippen LogP contribution in [0.25, 0.3) is 0 Å². The summed E-state index contributed by atoms with van der Waals surface area (Å²) in [7, 11) is 0. The van der Waals surface area contributed by atoms with Crippen LogP contribution in [0.5, 0.6) is 0 Å². The Kier molecular flexibility index (Phi) is 6.49. The molecule has 1 aromatic rings. The lowest BCUT2D eigenvalue weighted by Crippen LogP contribution is -2.36. The summed E-state index contributed by atoms with van der Waals surface area (Å²) in [5.41, 5.74) is 0. The third kappa shape index (κ3) is 5.38. The van der Waals surface area contributed by atoms with Gasteiger partial charge in [-0.2, -0.15) is 4.98 Å². The summed E-state index contributed by atoms with van der Waals surface area (Å²) >= 11 is 0. The molecule has 0 amide bonds. The number of nitrogens with zero attached hydrogens (tertiary/aromatic N) is 3. The van der Waals surface area contributed by atoms with Gasteiger partial charge in [0, 0.05) is 12.5 Å². The van der Waals surface area contributed by atoms with Crippen LogP contribution in [-0.4, -0.2) is 40.2 Å². The van der Waals surface area contributed by atoms with Crippen molar-refractivity contribution >= 4 is 5.97 Å². The van der Waals surface area contributed by atoms with Gasteiger partial charge in [0.1, 0.15) is 0 Å². The fourth-order valence-corrected chi connectivity index (χ4v) is 1.64. The number of carbonyl (C=O) groups is 1. The minimum atomic E-state index is -0.228. The molecule has 108 valence electrons. The lowest BCUT2D eigenvalue weighted by molar-refractivity contribution is -0.145. The maximum Gasteiger partial charge on any atom is 0.320 e. The highest BCUT2D eigenvalue weighted by Crippen LogP contribution is 2.07. The van der Waals surface area contributed by atoms with E-state index < -0.39 is 0 Å². The van der Waals surface area contributed by atoms with Crippen LogP contribution in [0, 0.1) is 0 Å². The zero-order chi connectivity index (χ0) is 14.3. The van der Waals surface area contributed by atoms with E-state index in [-0.39, 0.29) is 18.6 Å². The minimum Gasteiger partial charge on any atom is -0.465 e. The van der Waals surface area contributed by atoms with E-state index >= 15 is 0 Å². The first-order valence-corrected chi connectivity index (χ1v) is 6.77. The van der Waals surface area contributed by atoms with Gasteiger partial charge in [-0.15, -0.1) is 0 Å². The summed E-state index contributed by atoms with van der Waals surface area (Å²) in [4.78, 5) is 17.8. The molecule has 0 aliphatic rings. The molecule has 0 radical (unpaired) electrons. The Morgan fingerprint density at radius 3 is 2.74 bits per heavy atom. The van der Waals surface area contributed by atoms with Crippen molar-refractivity contribution in [2.75, 3.05) is 13.2 Å². The lowest BCUT2D eigenvalue weighted by atomic mass is 10.3. The molecule has 0 spiro atoms. The molecule has 0 N–H and O–H groups in total. The van der Waals surface area contributed by atoms with Crippen molar-refractivity contribution in [1.82, 2.24) is 15.0 Å². The lowest BCUT2D eigenvalue weighted by Gasteiger charge is -2.23. The van der Waals surface area contributed by atoms with Gasteiger partial charge in [0.05, 0.1) is 19.7 Å². The topological polar surface area (TPSA) is 68.5 Å². The van der Waals surface area contributed by atoms with Gasteiger partial charge >= 0.3 is 5.97 Å². The average Bonchev–Trinajstić information content (AvgIpc) is 2.76. The van der Waals surface area contributed by atoms with E-state index in [1.807, 2.05) is 18.7 Å². The highest BCUT2D eigenvalue weighted by molar-refractivity contribution is 5.71. The Bertz CT molecular complexity index is 390. The monoisotopic (exact) mass is 269 g/mol. The van der Waals surface area contributed by atoms with E-state index in [2.05, 4.69) is 17.1 Å². The van der Waals surface area contributed by atoms with E-state index in [9.17, 15) is 4.79 Å². The van der Waals surface area contributed by atoms with Gasteiger partial charge in [0.15, 0.2) is 5.82 Å². The molecule has 6 nitrogen and oxygen atoms in total. The van der Waals surface area contributed by atoms with E-state index in [1.54, 1.807) is 6.92 Å². The first-order chi connectivity index (χ1) is 9.06. The molecular formula is C13H23N3O3. The molecule has 19 heavy (non-hydrogen) atoms. The van der Waals surface area contributed by atoms with Crippen LogP contribution in [-0.2, 0) is 22.5 Å². The van der Waals surface area contributed by atoms with Gasteiger partial charge in [-0.25, -0.2) is 0 Å². The zero-order valence-electron chi connectivity index (χ0n) is 12.2. The predicted molar refractivity (Wildman–Crippen MR) is 70.5 cm³/mol. The van der Waals surface area contributed by atoms with Gasteiger partial charge < -0.3 is 9.26 Å². The molecule has 0 aromatic carbocycles. The molecule has 0 unspecified atom stereocenters. The molecule has 0 saturated heterocycles. The summed E-state index contributed by atoms with van der Waals surface area (Å²) in [5, 5.41) is 3.93. The van der Waals surface area contributed by atoms with Crippen molar-refractivity contribution in [1.29, 1.82) is 0 Å². The van der Waals surface area contributed by atoms with Gasteiger partial charge in [-0.1, -0.05) is 12.1 Å². The number of ether oxygens (including phenoxy) is 1. The summed E-state index contributed by atoms with van der Waals surface area (Å²) in [6.45, 7) is 9.03. The Morgan fingerprint density at radius 2 is 2.16 bits per heavy atom. The third-order valence-corrected chi connectivity index (χ3v) is 2.69. The average molecular weight is 269 g/mol. The highest BCUT2D eigenvalue weighted by atomic mass is 16.5. The molecule has 0 fully saturated rings. The SMILES string of the molecule is CCCc1nc(CN(CC(=O)OCC)C(C)C)no1. The second-order valence-electron chi connectivity index (χ2n) is 4.66. The number of hydrogen-bond donors (Lipinski definition) is 0. The number of hydrogen-bond acceptors (Lipinski definition) is 6. The number of carbonyl (C=O) groups excluding carboxylic acids is 1. The van der Waals surface area contributed by atoms with Crippen LogP contribution < -0.4 is 0 Å². The summed E-state index contributed by atoms with van der Waals surface area (Å²) in [5.74, 6) is 1.03. The van der Waals surface area contributed by atoms with Crippen LogP contribution in [0.15, 0.2) is 4.52 Å². The molecule has 1 rings (SSSR count). The van der Waals surface area contributed by atoms with Crippen LogP contribution in [0.2, 0.25) is 0 Å². The summed E-state index contributed by atoms with van der Waals surface area (Å²) in [6, 6.07) is 0.206. The van der Waals surface area contributed by atoms with Crippen LogP contribution in [0.4, 0.5) is 0 Å². The van der Waals surface area contributed by atoms with Gasteiger partial charge in [0.2, 0.25) is 5.89 Å². The van der Waals surface area contributed by atoms with Gasteiger partial charge in [-0.3, -0.25) is 9.69 Å². The molecule has 0 aliphatic carbocycles. The first-order valence-electron chi connectivity index (χ1n) is 6.77. The molecule has 0 atom stereocenters. The Morgan fingerprint density at radius 1 is 1.42 bits per heavy atom. The molecular weight excluding hydrogens is 246 g/mol. The number of aryl methyl sites for hydroxylation is 1. The maximum absolute atomic E-state index is 11.5. The molecule has 0 saturated carbocycles. The highest BCUT2D eigenvalue weighted by Gasteiger charge is 2.18. The third-order valence-electron chi connectivity index (χ3n) is 2.69. The molecule has 6 heteroatoms. The van der Waals surface area contributed by atoms with Crippen molar-refractivity contribution in [2.45, 2.75) is 53.1 Å². The minimum absolute atomic E-state index is 0.206. The summed E-state index contributed by atoms with van der Waals surface area (Å²) in [6.07, 6.45) is 1.75. The molecule has 1 aromatic heterocycles. The molecule has 0 aliphatic heterocycles. The fourth-order valence-electron chi connectivity index (χ4n) is 1.64. The largest absolute Gasteiger partial charge is 0.465 e. The molecule has 1 heterocycles. The first kappa shape index (κ1) is 15.6. The van der Waals surface area contributed by atoms with E-state index in [0.717, 1.165) is 12.8 Å². The van der Waals surface area contributed by atoms with E-state index in [1.165, 1.54) is 0 Å². The summed E-state index contributed by atoms with van der Waals surface area (Å²) < 4.78 is 10.1. The van der Waals surface area contributed by atoms with E-state index in [4.69, 9.17) is 9.26 Å². The van der Waals surface area contributed by atoms with Crippen LogP contribution in [0.1, 0.15) is 45.8 Å². The van der Waals surface area contributed by atoms with Crippen molar-refractivity contribution in [3.05, 3.63) is 11.7 Å². The standard InChI is InChI=1S/C13H23N3O3/c1-5-7-12-14-11(15-19-12)8-16(10(3)4)9-13(17)18-6-2/h10H,5-9H2,1-4H3. The normalized spacial score (nSPS) is 11.3. The Labute approximate surface area is 114 Å². The maximum atomic E-state index is 11.5. The fraction of sp³-hybridized carbons (Fsp3) is 0.769.